The highest BCUT2D eigenvalue weighted by molar-refractivity contribution is 6.09. The van der Waals surface area contributed by atoms with Crippen LogP contribution in [0.3, 0.4) is 0 Å². The molecule has 2 N–H and O–H groups in total. The summed E-state index contributed by atoms with van der Waals surface area (Å²) in [4.78, 5) is 49.9. The van der Waals surface area contributed by atoms with E-state index in [9.17, 15) is 29.4 Å². The van der Waals surface area contributed by atoms with Crippen LogP contribution in [0.25, 0.3) is 0 Å². The molecular formula is C31H24O6. The Morgan fingerprint density at radius 3 is 1.05 bits per heavy atom. The van der Waals surface area contributed by atoms with Crippen molar-refractivity contribution in [1.82, 2.24) is 0 Å². The fourth-order valence-electron chi connectivity index (χ4n) is 4.21. The molecule has 0 saturated carbocycles. The Kier molecular flexibility index (Phi) is 7.39. The molecule has 4 aromatic rings. The van der Waals surface area contributed by atoms with Gasteiger partial charge in [-0.05, 0) is 24.0 Å². The monoisotopic (exact) mass is 492 g/mol. The zero-order valence-electron chi connectivity index (χ0n) is 19.8. The second-order valence-corrected chi connectivity index (χ2v) is 8.83. The summed E-state index contributed by atoms with van der Waals surface area (Å²) in [6.07, 6.45) is -0.551. The first kappa shape index (κ1) is 25.3. The molecule has 4 rings (SSSR count). The maximum absolute atomic E-state index is 12.7. The van der Waals surface area contributed by atoms with Gasteiger partial charge in [-0.25, -0.2) is 0 Å². The number of aliphatic carboxylic acids is 2. The molecule has 0 atom stereocenters. The van der Waals surface area contributed by atoms with Crippen LogP contribution in [0.2, 0.25) is 0 Å². The van der Waals surface area contributed by atoms with Crippen molar-refractivity contribution in [3.8, 4) is 0 Å². The molecule has 184 valence electrons. The van der Waals surface area contributed by atoms with Gasteiger partial charge in [0.1, 0.15) is 0 Å². The van der Waals surface area contributed by atoms with Gasteiger partial charge in [0.15, 0.2) is 17.0 Å². The molecule has 0 heterocycles. The van der Waals surface area contributed by atoms with Crippen molar-refractivity contribution < 1.29 is 29.4 Å². The van der Waals surface area contributed by atoms with Gasteiger partial charge < -0.3 is 10.2 Å². The predicted molar refractivity (Wildman–Crippen MR) is 138 cm³/mol. The van der Waals surface area contributed by atoms with Crippen LogP contribution >= 0.6 is 0 Å². The second kappa shape index (κ2) is 10.8. The molecule has 4 aromatic carbocycles. The molecule has 0 aromatic heterocycles. The van der Waals surface area contributed by atoms with Crippen LogP contribution in [0.5, 0.6) is 0 Å². The van der Waals surface area contributed by atoms with Gasteiger partial charge in [-0.2, -0.15) is 0 Å². The largest absolute Gasteiger partial charge is 0.480 e. The second-order valence-electron chi connectivity index (χ2n) is 8.83. The number of carboxylic acid groups (broad SMARTS) is 2. The van der Waals surface area contributed by atoms with E-state index in [2.05, 4.69) is 0 Å². The summed E-state index contributed by atoms with van der Waals surface area (Å²) in [5.74, 6) is -3.29. The number of hydrogen-bond acceptors (Lipinski definition) is 4. The van der Waals surface area contributed by atoms with Crippen molar-refractivity contribution in [3.05, 3.63) is 143 Å². The molecule has 0 saturated heterocycles. The van der Waals surface area contributed by atoms with Crippen LogP contribution in [-0.4, -0.2) is 33.7 Å². The molecule has 6 heteroatoms. The molecule has 0 radical (unpaired) electrons. The predicted octanol–water partition coefficient (Wildman–Crippen LogP) is 5.09. The topological polar surface area (TPSA) is 109 Å². The average molecular weight is 493 g/mol. The fourth-order valence-corrected chi connectivity index (χ4v) is 4.21. The van der Waals surface area contributed by atoms with E-state index in [0.29, 0.717) is 33.4 Å². The number of carbonyl (C=O) groups excluding carboxylic acids is 2. The summed E-state index contributed by atoms with van der Waals surface area (Å²) >= 11 is 0. The van der Waals surface area contributed by atoms with Crippen molar-refractivity contribution in [3.63, 3.8) is 0 Å². The Bertz CT molecular complexity index is 1310. The van der Waals surface area contributed by atoms with Crippen LogP contribution in [0, 0.1) is 5.41 Å². The van der Waals surface area contributed by atoms with Crippen molar-refractivity contribution in [2.75, 3.05) is 0 Å². The Hall–Kier alpha value is -4.84. The maximum Gasteiger partial charge on any atom is 0.321 e. The van der Waals surface area contributed by atoms with Gasteiger partial charge in [0.05, 0.1) is 0 Å². The maximum atomic E-state index is 12.7. The minimum Gasteiger partial charge on any atom is -0.480 e. The van der Waals surface area contributed by atoms with E-state index in [1.807, 2.05) is 12.1 Å². The lowest BCUT2D eigenvalue weighted by atomic mass is 9.76. The molecule has 0 fully saturated rings. The third kappa shape index (κ3) is 5.54. The van der Waals surface area contributed by atoms with Crippen LogP contribution in [0.15, 0.2) is 109 Å². The highest BCUT2D eigenvalue weighted by atomic mass is 16.4. The number of benzene rings is 4. The van der Waals surface area contributed by atoms with Gasteiger partial charge >= 0.3 is 11.9 Å². The molecule has 0 unspecified atom stereocenters. The summed E-state index contributed by atoms with van der Waals surface area (Å²) in [5, 5.41) is 20.0. The summed E-state index contributed by atoms with van der Waals surface area (Å²) in [7, 11) is 0. The first-order valence-corrected chi connectivity index (χ1v) is 11.6. The Balaban J connectivity index is 1.55. The van der Waals surface area contributed by atoms with Gasteiger partial charge in [0.2, 0.25) is 0 Å². The number of rotatable bonds is 10. The minimum atomic E-state index is -2.13. The van der Waals surface area contributed by atoms with Crippen molar-refractivity contribution in [2.24, 2.45) is 5.41 Å². The standard InChI is InChI=1S/C31H24O6/c32-27(23-7-3-1-4-8-23)25-15-11-21(12-16-25)19-31(29(34)35,30(36)37)20-22-13-17-26(18-14-22)28(33)24-9-5-2-6-10-24/h1-18H,19-20H2,(H,34,35)(H,36,37). The quantitative estimate of drug-likeness (QED) is 0.236. The normalized spacial score (nSPS) is 11.0. The summed E-state index contributed by atoms with van der Waals surface area (Å²) in [6.45, 7) is 0. The third-order valence-electron chi connectivity index (χ3n) is 6.33. The van der Waals surface area contributed by atoms with Crippen molar-refractivity contribution in [1.29, 1.82) is 0 Å². The van der Waals surface area contributed by atoms with E-state index < -0.39 is 17.4 Å². The minimum absolute atomic E-state index is 0.181. The number of carbonyl (C=O) groups is 4. The number of hydrogen-bond donors (Lipinski definition) is 2. The molecule has 6 nitrogen and oxygen atoms in total. The van der Waals surface area contributed by atoms with Gasteiger partial charge in [-0.1, -0.05) is 109 Å². The van der Waals surface area contributed by atoms with Gasteiger partial charge in [0, 0.05) is 22.3 Å². The van der Waals surface area contributed by atoms with E-state index in [0.717, 1.165) is 0 Å². The lowest BCUT2D eigenvalue weighted by Gasteiger charge is -2.25. The lowest BCUT2D eigenvalue weighted by Crippen LogP contribution is -2.43. The third-order valence-corrected chi connectivity index (χ3v) is 6.33. The van der Waals surface area contributed by atoms with Gasteiger partial charge in [-0.3, -0.25) is 19.2 Å². The zero-order valence-corrected chi connectivity index (χ0v) is 19.8. The van der Waals surface area contributed by atoms with Gasteiger partial charge in [0.25, 0.3) is 0 Å². The van der Waals surface area contributed by atoms with Crippen LogP contribution in [-0.2, 0) is 22.4 Å². The van der Waals surface area contributed by atoms with Crippen LogP contribution in [0.4, 0.5) is 0 Å². The highest BCUT2D eigenvalue weighted by Crippen LogP contribution is 2.30. The summed E-state index contributed by atoms with van der Waals surface area (Å²) < 4.78 is 0. The molecule has 37 heavy (non-hydrogen) atoms. The Labute approximate surface area is 213 Å². The summed E-state index contributed by atoms with van der Waals surface area (Å²) in [6, 6.07) is 30.1. The molecule has 0 amide bonds. The number of carboxylic acids is 2. The van der Waals surface area contributed by atoms with Gasteiger partial charge in [-0.15, -0.1) is 0 Å². The fraction of sp³-hybridized carbons (Fsp3) is 0.0968. The molecule has 0 bridgehead atoms. The number of ketones is 2. The molecule has 0 aliphatic carbocycles. The van der Waals surface area contributed by atoms with Crippen LogP contribution in [0.1, 0.15) is 43.0 Å². The van der Waals surface area contributed by atoms with E-state index >= 15 is 0 Å². The van der Waals surface area contributed by atoms with E-state index in [-0.39, 0.29) is 24.4 Å². The average Bonchev–Trinajstić information content (AvgIpc) is 2.93. The van der Waals surface area contributed by atoms with E-state index in [1.165, 1.54) is 0 Å². The zero-order chi connectivity index (χ0) is 26.4. The molecular weight excluding hydrogens is 468 g/mol. The Morgan fingerprint density at radius 1 is 0.459 bits per heavy atom. The first-order valence-electron chi connectivity index (χ1n) is 11.6. The molecule has 0 spiro atoms. The molecule has 0 aliphatic heterocycles. The highest BCUT2D eigenvalue weighted by Gasteiger charge is 2.46. The van der Waals surface area contributed by atoms with Crippen molar-refractivity contribution in [2.45, 2.75) is 12.8 Å². The SMILES string of the molecule is O=C(c1ccccc1)c1ccc(CC(Cc2ccc(C(=O)c3ccccc3)cc2)(C(=O)O)C(=O)O)cc1. The summed E-state index contributed by atoms with van der Waals surface area (Å²) in [5.41, 5.74) is 0.714. The van der Waals surface area contributed by atoms with Crippen LogP contribution < -0.4 is 0 Å². The van der Waals surface area contributed by atoms with E-state index in [4.69, 9.17) is 0 Å². The lowest BCUT2D eigenvalue weighted by molar-refractivity contribution is -0.164. The van der Waals surface area contributed by atoms with E-state index in [1.54, 1.807) is 97.1 Å². The Morgan fingerprint density at radius 2 is 0.757 bits per heavy atom. The molecule has 0 aliphatic rings. The van der Waals surface area contributed by atoms with Crippen molar-refractivity contribution >= 4 is 23.5 Å². The smallest absolute Gasteiger partial charge is 0.321 e. The first-order chi connectivity index (χ1) is 17.8.